The summed E-state index contributed by atoms with van der Waals surface area (Å²) >= 11 is 0. The van der Waals surface area contributed by atoms with Crippen molar-refractivity contribution in [3.63, 3.8) is 0 Å². The van der Waals surface area contributed by atoms with E-state index in [1.54, 1.807) is 0 Å². The number of nitrogens with one attached hydrogen (secondary N) is 2. The van der Waals surface area contributed by atoms with E-state index in [4.69, 9.17) is 0 Å². The predicted molar refractivity (Wildman–Crippen MR) is 83.8 cm³/mol. The van der Waals surface area contributed by atoms with Crippen LogP contribution < -0.4 is 10.6 Å². The fourth-order valence-corrected chi connectivity index (χ4v) is 6.29. The van der Waals surface area contributed by atoms with Crippen molar-refractivity contribution in [3.05, 3.63) is 0 Å². The van der Waals surface area contributed by atoms with Crippen molar-refractivity contribution in [2.45, 2.75) is 64.3 Å². The van der Waals surface area contributed by atoms with Gasteiger partial charge in [0.25, 0.3) is 0 Å². The number of hydrogen-bond acceptors (Lipinski definition) is 2. The SMILES string of the molecule is CC1CCCNC1C(=O)NCC12CC3CC(CC(C3)C1)C2. The summed E-state index contributed by atoms with van der Waals surface area (Å²) in [4.78, 5) is 12.5. The van der Waals surface area contributed by atoms with Crippen LogP contribution in [-0.4, -0.2) is 25.0 Å². The summed E-state index contributed by atoms with van der Waals surface area (Å²) < 4.78 is 0. The Morgan fingerprint density at radius 3 is 2.33 bits per heavy atom. The molecule has 1 saturated heterocycles. The standard InChI is InChI=1S/C18H30N2O/c1-12-3-2-4-19-16(12)17(21)20-11-18-8-13-5-14(9-18)7-15(6-13)10-18/h12-16,19H,2-11H2,1H3,(H,20,21). The van der Waals surface area contributed by atoms with Crippen LogP contribution in [0.5, 0.6) is 0 Å². The molecule has 2 atom stereocenters. The van der Waals surface area contributed by atoms with Gasteiger partial charge in [-0.25, -0.2) is 0 Å². The van der Waals surface area contributed by atoms with Gasteiger partial charge in [0.1, 0.15) is 0 Å². The summed E-state index contributed by atoms with van der Waals surface area (Å²) in [5.41, 5.74) is 0.461. The molecule has 5 fully saturated rings. The third-order valence-corrected chi connectivity index (χ3v) is 6.85. The van der Waals surface area contributed by atoms with Gasteiger partial charge in [0, 0.05) is 6.54 Å². The topological polar surface area (TPSA) is 41.1 Å². The maximum Gasteiger partial charge on any atom is 0.237 e. The van der Waals surface area contributed by atoms with E-state index in [-0.39, 0.29) is 11.9 Å². The summed E-state index contributed by atoms with van der Waals surface area (Å²) in [6.45, 7) is 4.15. The average Bonchev–Trinajstić information content (AvgIpc) is 2.44. The van der Waals surface area contributed by atoms with E-state index >= 15 is 0 Å². The predicted octanol–water partition coefficient (Wildman–Crippen LogP) is 2.71. The Labute approximate surface area is 128 Å². The first-order valence-corrected chi connectivity index (χ1v) is 9.15. The maximum absolute atomic E-state index is 12.5. The third kappa shape index (κ3) is 2.62. The lowest BCUT2D eigenvalue weighted by Gasteiger charge is -2.57. The molecule has 3 nitrogen and oxygen atoms in total. The van der Waals surface area contributed by atoms with E-state index in [1.807, 2.05) is 0 Å². The van der Waals surface area contributed by atoms with Crippen LogP contribution in [0.15, 0.2) is 0 Å². The van der Waals surface area contributed by atoms with Crippen molar-refractivity contribution in [3.8, 4) is 0 Å². The highest BCUT2D eigenvalue weighted by atomic mass is 16.2. The number of carbonyl (C=O) groups excluding carboxylic acids is 1. The van der Waals surface area contributed by atoms with Crippen LogP contribution in [0.2, 0.25) is 0 Å². The van der Waals surface area contributed by atoms with Crippen molar-refractivity contribution in [2.24, 2.45) is 29.1 Å². The van der Waals surface area contributed by atoms with Crippen molar-refractivity contribution in [2.75, 3.05) is 13.1 Å². The van der Waals surface area contributed by atoms with Crippen LogP contribution in [0.1, 0.15) is 58.3 Å². The van der Waals surface area contributed by atoms with Crippen LogP contribution in [0.3, 0.4) is 0 Å². The van der Waals surface area contributed by atoms with Gasteiger partial charge in [0.2, 0.25) is 5.91 Å². The quantitative estimate of drug-likeness (QED) is 0.839. The molecule has 2 unspecified atom stereocenters. The highest BCUT2D eigenvalue weighted by Crippen LogP contribution is 2.59. The Kier molecular flexibility index (Phi) is 3.52. The molecule has 0 aromatic rings. The fraction of sp³-hybridized carbons (Fsp3) is 0.944. The molecule has 1 amide bonds. The molecule has 0 spiro atoms. The summed E-state index contributed by atoms with van der Waals surface area (Å²) in [5, 5.41) is 6.75. The van der Waals surface area contributed by atoms with E-state index in [1.165, 1.54) is 51.4 Å². The van der Waals surface area contributed by atoms with Crippen LogP contribution in [-0.2, 0) is 4.79 Å². The Morgan fingerprint density at radius 2 is 1.76 bits per heavy atom. The molecule has 1 aliphatic heterocycles. The monoisotopic (exact) mass is 290 g/mol. The lowest BCUT2D eigenvalue weighted by Crippen LogP contribution is -2.55. The number of rotatable bonds is 3. The van der Waals surface area contributed by atoms with Crippen LogP contribution in [0.4, 0.5) is 0 Å². The van der Waals surface area contributed by atoms with Gasteiger partial charge in [-0.2, -0.15) is 0 Å². The molecule has 4 aliphatic carbocycles. The minimum absolute atomic E-state index is 0.0488. The minimum atomic E-state index is 0.0488. The molecular weight excluding hydrogens is 260 g/mol. The van der Waals surface area contributed by atoms with Crippen molar-refractivity contribution >= 4 is 5.91 Å². The first-order valence-electron chi connectivity index (χ1n) is 9.15. The molecule has 21 heavy (non-hydrogen) atoms. The van der Waals surface area contributed by atoms with Crippen molar-refractivity contribution < 1.29 is 4.79 Å². The van der Waals surface area contributed by atoms with Crippen LogP contribution >= 0.6 is 0 Å². The Hall–Kier alpha value is -0.570. The van der Waals surface area contributed by atoms with Gasteiger partial charge >= 0.3 is 0 Å². The highest BCUT2D eigenvalue weighted by Gasteiger charge is 2.50. The van der Waals surface area contributed by atoms with Gasteiger partial charge in [-0.1, -0.05) is 6.92 Å². The summed E-state index contributed by atoms with van der Waals surface area (Å²) in [7, 11) is 0. The van der Waals surface area contributed by atoms with Crippen LogP contribution in [0, 0.1) is 29.1 Å². The first-order chi connectivity index (χ1) is 10.1. The third-order valence-electron chi connectivity index (χ3n) is 6.85. The van der Waals surface area contributed by atoms with Gasteiger partial charge < -0.3 is 10.6 Å². The molecule has 0 aromatic heterocycles. The second-order valence-corrected chi connectivity index (χ2v) is 8.69. The molecular formula is C18H30N2O. The number of piperidine rings is 1. The van der Waals surface area contributed by atoms with Gasteiger partial charge in [0.15, 0.2) is 0 Å². The summed E-state index contributed by atoms with van der Waals surface area (Å²) in [6, 6.07) is 0.0488. The summed E-state index contributed by atoms with van der Waals surface area (Å²) in [5.74, 6) is 3.66. The number of hydrogen-bond donors (Lipinski definition) is 2. The Morgan fingerprint density at radius 1 is 1.14 bits per heavy atom. The first kappa shape index (κ1) is 14.0. The normalized spacial score (nSPS) is 48.3. The highest BCUT2D eigenvalue weighted by molar-refractivity contribution is 5.82. The van der Waals surface area contributed by atoms with E-state index < -0.39 is 0 Å². The molecule has 5 rings (SSSR count). The zero-order valence-corrected chi connectivity index (χ0v) is 13.4. The molecule has 2 N–H and O–H groups in total. The van der Waals surface area contributed by atoms with E-state index in [9.17, 15) is 4.79 Å². The molecule has 118 valence electrons. The Bertz CT molecular complexity index is 384. The second kappa shape index (κ2) is 5.26. The van der Waals surface area contributed by atoms with E-state index in [0.717, 1.165) is 30.8 Å². The average molecular weight is 290 g/mol. The minimum Gasteiger partial charge on any atom is -0.354 e. The van der Waals surface area contributed by atoms with E-state index in [0.29, 0.717) is 11.3 Å². The number of amides is 1. The lowest BCUT2D eigenvalue weighted by molar-refractivity contribution is -0.127. The zero-order chi connectivity index (χ0) is 14.4. The molecule has 5 aliphatic rings. The van der Waals surface area contributed by atoms with E-state index in [2.05, 4.69) is 17.6 Å². The van der Waals surface area contributed by atoms with Crippen LogP contribution in [0.25, 0.3) is 0 Å². The second-order valence-electron chi connectivity index (χ2n) is 8.69. The molecule has 4 saturated carbocycles. The van der Waals surface area contributed by atoms with Crippen molar-refractivity contribution in [1.82, 2.24) is 10.6 Å². The molecule has 3 heteroatoms. The molecule has 0 radical (unpaired) electrons. The maximum atomic E-state index is 12.5. The molecule has 4 bridgehead atoms. The Balaban J connectivity index is 1.37. The molecule has 0 aromatic carbocycles. The van der Waals surface area contributed by atoms with Gasteiger partial charge in [-0.3, -0.25) is 4.79 Å². The fourth-order valence-electron chi connectivity index (χ4n) is 6.29. The summed E-state index contributed by atoms with van der Waals surface area (Å²) in [6.07, 6.45) is 11.0. The van der Waals surface area contributed by atoms with Gasteiger partial charge in [0.05, 0.1) is 6.04 Å². The van der Waals surface area contributed by atoms with Crippen molar-refractivity contribution in [1.29, 1.82) is 0 Å². The smallest absolute Gasteiger partial charge is 0.237 e. The van der Waals surface area contributed by atoms with Gasteiger partial charge in [-0.15, -0.1) is 0 Å². The number of carbonyl (C=O) groups is 1. The molecule has 1 heterocycles. The lowest BCUT2D eigenvalue weighted by atomic mass is 9.49. The van der Waals surface area contributed by atoms with Gasteiger partial charge in [-0.05, 0) is 87.0 Å². The largest absolute Gasteiger partial charge is 0.354 e. The zero-order valence-electron chi connectivity index (χ0n) is 13.4.